The van der Waals surface area contributed by atoms with Crippen LogP contribution in [-0.2, 0) is 11.4 Å². The number of carbonyl (C=O) groups excluding carboxylic acids is 1. The van der Waals surface area contributed by atoms with Gasteiger partial charge >= 0.3 is 0 Å². The molecular weight excluding hydrogens is 360 g/mol. The molecule has 0 saturated carbocycles. The number of nitrogens with zero attached hydrogens (tertiary/aromatic N) is 1. The molecule has 126 valence electrons. The molecule has 1 fully saturated rings. The Morgan fingerprint density at radius 3 is 2.56 bits per heavy atom. The lowest BCUT2D eigenvalue weighted by Gasteiger charge is -2.09. The van der Waals surface area contributed by atoms with Gasteiger partial charge in [-0.05, 0) is 29.8 Å². The number of para-hydroxylation sites is 1. The van der Waals surface area contributed by atoms with Gasteiger partial charge in [-0.3, -0.25) is 14.9 Å². The first kappa shape index (κ1) is 17.1. The van der Waals surface area contributed by atoms with E-state index in [4.69, 9.17) is 17.0 Å². The fourth-order valence-corrected chi connectivity index (χ4v) is 3.20. The summed E-state index contributed by atoms with van der Waals surface area (Å²) >= 11 is 6.19. The largest absolute Gasteiger partial charge is 0.488 e. The summed E-state index contributed by atoms with van der Waals surface area (Å²) in [5, 5.41) is 13.2. The van der Waals surface area contributed by atoms with Crippen molar-refractivity contribution in [2.45, 2.75) is 6.61 Å². The minimum atomic E-state index is -0.444. The Hall–Kier alpha value is -2.71. The molecule has 0 atom stereocenters. The highest BCUT2D eigenvalue weighted by Gasteiger charge is 2.22. The van der Waals surface area contributed by atoms with Gasteiger partial charge in [0, 0.05) is 17.7 Å². The van der Waals surface area contributed by atoms with Crippen molar-refractivity contribution in [2.75, 3.05) is 0 Å². The van der Waals surface area contributed by atoms with Crippen LogP contribution in [-0.4, -0.2) is 15.2 Å². The van der Waals surface area contributed by atoms with Crippen molar-refractivity contribution in [3.63, 3.8) is 0 Å². The SMILES string of the molecule is O=C1NC(=S)SC1=Cc1ccccc1OCc1ccc([N+](=O)[O-])cc1. The van der Waals surface area contributed by atoms with E-state index < -0.39 is 4.92 Å². The van der Waals surface area contributed by atoms with E-state index >= 15 is 0 Å². The summed E-state index contributed by atoms with van der Waals surface area (Å²) in [5.41, 5.74) is 1.60. The van der Waals surface area contributed by atoms with E-state index in [1.54, 1.807) is 24.3 Å². The van der Waals surface area contributed by atoms with Crippen molar-refractivity contribution in [3.8, 4) is 5.75 Å². The molecular formula is C17H12N2O4S2. The summed E-state index contributed by atoms with van der Waals surface area (Å²) in [6, 6.07) is 13.5. The number of hydrogen-bond acceptors (Lipinski definition) is 6. The van der Waals surface area contributed by atoms with Gasteiger partial charge in [-0.2, -0.15) is 0 Å². The summed E-state index contributed by atoms with van der Waals surface area (Å²) in [7, 11) is 0. The molecule has 1 heterocycles. The second-order valence-electron chi connectivity index (χ2n) is 5.10. The number of amides is 1. The van der Waals surface area contributed by atoms with Crippen LogP contribution in [0.2, 0.25) is 0 Å². The Labute approximate surface area is 153 Å². The van der Waals surface area contributed by atoms with Crippen LogP contribution in [0.3, 0.4) is 0 Å². The maximum absolute atomic E-state index is 11.8. The second-order valence-corrected chi connectivity index (χ2v) is 6.82. The van der Waals surface area contributed by atoms with E-state index in [1.807, 2.05) is 18.2 Å². The molecule has 25 heavy (non-hydrogen) atoms. The van der Waals surface area contributed by atoms with E-state index in [9.17, 15) is 14.9 Å². The van der Waals surface area contributed by atoms with Gasteiger partial charge in [0.05, 0.1) is 9.83 Å². The Bertz CT molecular complexity index is 878. The number of hydrogen-bond donors (Lipinski definition) is 1. The zero-order chi connectivity index (χ0) is 17.8. The smallest absolute Gasteiger partial charge is 0.269 e. The molecule has 1 aliphatic heterocycles. The van der Waals surface area contributed by atoms with Crippen LogP contribution in [0.25, 0.3) is 6.08 Å². The Kier molecular flexibility index (Phi) is 5.11. The van der Waals surface area contributed by atoms with Crippen LogP contribution in [0.4, 0.5) is 5.69 Å². The van der Waals surface area contributed by atoms with E-state index in [2.05, 4.69) is 5.32 Å². The maximum Gasteiger partial charge on any atom is 0.269 e. The number of rotatable bonds is 5. The molecule has 1 saturated heterocycles. The second kappa shape index (κ2) is 7.45. The number of non-ortho nitro benzene ring substituents is 1. The van der Waals surface area contributed by atoms with Gasteiger partial charge in [-0.15, -0.1) is 0 Å². The molecule has 0 radical (unpaired) electrons. The molecule has 6 nitrogen and oxygen atoms in total. The summed E-state index contributed by atoms with van der Waals surface area (Å²) in [4.78, 5) is 22.5. The van der Waals surface area contributed by atoms with Crippen molar-refractivity contribution in [3.05, 3.63) is 74.7 Å². The monoisotopic (exact) mass is 372 g/mol. The van der Waals surface area contributed by atoms with Gasteiger partial charge < -0.3 is 10.1 Å². The zero-order valence-corrected chi connectivity index (χ0v) is 14.4. The number of nitrogens with one attached hydrogen (secondary N) is 1. The molecule has 0 aromatic heterocycles. The van der Waals surface area contributed by atoms with Crippen molar-refractivity contribution in [1.29, 1.82) is 0 Å². The molecule has 8 heteroatoms. The summed E-state index contributed by atoms with van der Waals surface area (Å²) in [5.74, 6) is 0.389. The maximum atomic E-state index is 11.8. The topological polar surface area (TPSA) is 81.5 Å². The van der Waals surface area contributed by atoms with E-state index in [0.717, 1.165) is 11.1 Å². The lowest BCUT2D eigenvalue weighted by Crippen LogP contribution is -2.17. The van der Waals surface area contributed by atoms with Gasteiger partial charge in [-0.25, -0.2) is 0 Å². The normalized spacial score (nSPS) is 15.3. The third-order valence-electron chi connectivity index (χ3n) is 3.39. The molecule has 2 aromatic rings. The molecule has 0 spiro atoms. The average molecular weight is 372 g/mol. The average Bonchev–Trinajstić information content (AvgIpc) is 2.91. The van der Waals surface area contributed by atoms with Crippen molar-refractivity contribution < 1.29 is 14.5 Å². The first-order chi connectivity index (χ1) is 12.0. The molecule has 1 N–H and O–H groups in total. The van der Waals surface area contributed by atoms with E-state index in [-0.39, 0.29) is 18.2 Å². The third kappa shape index (κ3) is 4.23. The van der Waals surface area contributed by atoms with Crippen molar-refractivity contribution in [1.82, 2.24) is 5.32 Å². The molecule has 0 aliphatic carbocycles. The molecule has 2 aromatic carbocycles. The number of carbonyl (C=O) groups is 1. The lowest BCUT2D eigenvalue weighted by atomic mass is 10.1. The van der Waals surface area contributed by atoms with E-state index in [1.165, 1.54) is 23.9 Å². The highest BCUT2D eigenvalue weighted by molar-refractivity contribution is 8.26. The van der Waals surface area contributed by atoms with Crippen LogP contribution in [0.1, 0.15) is 11.1 Å². The van der Waals surface area contributed by atoms with Gasteiger partial charge in [0.25, 0.3) is 11.6 Å². The zero-order valence-electron chi connectivity index (χ0n) is 12.8. The number of nitro benzene ring substituents is 1. The van der Waals surface area contributed by atoms with Crippen molar-refractivity contribution >= 4 is 46.0 Å². The fraction of sp³-hybridized carbons (Fsp3) is 0.0588. The molecule has 0 unspecified atom stereocenters. The molecule has 3 rings (SSSR count). The summed E-state index contributed by atoms with van der Waals surface area (Å²) < 4.78 is 6.24. The number of benzene rings is 2. The predicted molar refractivity (Wildman–Crippen MR) is 100 cm³/mol. The van der Waals surface area contributed by atoms with Crippen LogP contribution >= 0.6 is 24.0 Å². The van der Waals surface area contributed by atoms with Gasteiger partial charge in [-0.1, -0.05) is 42.2 Å². The predicted octanol–water partition coefficient (Wildman–Crippen LogP) is 3.66. The Morgan fingerprint density at radius 2 is 1.92 bits per heavy atom. The molecule has 1 amide bonds. The van der Waals surface area contributed by atoms with Crippen LogP contribution in [0.5, 0.6) is 5.75 Å². The highest BCUT2D eigenvalue weighted by Crippen LogP contribution is 2.29. The lowest BCUT2D eigenvalue weighted by molar-refractivity contribution is -0.384. The summed E-state index contributed by atoms with van der Waals surface area (Å²) in [6.07, 6.45) is 1.73. The number of nitro groups is 1. The van der Waals surface area contributed by atoms with Crippen molar-refractivity contribution in [2.24, 2.45) is 0 Å². The van der Waals surface area contributed by atoms with Gasteiger partial charge in [0.1, 0.15) is 16.7 Å². The minimum absolute atomic E-state index is 0.0362. The van der Waals surface area contributed by atoms with E-state index in [0.29, 0.717) is 15.0 Å². The standard InChI is InChI=1S/C17H12N2O4S2/c20-16-15(25-17(24)18-16)9-12-3-1-2-4-14(12)23-10-11-5-7-13(8-6-11)19(21)22/h1-9H,10H2,(H,18,20,24). The van der Waals surface area contributed by atoms with Crippen LogP contribution in [0, 0.1) is 10.1 Å². The quantitative estimate of drug-likeness (QED) is 0.373. The van der Waals surface area contributed by atoms with Crippen LogP contribution < -0.4 is 10.1 Å². The van der Waals surface area contributed by atoms with Gasteiger partial charge in [0.15, 0.2) is 0 Å². The number of thioether (sulfide) groups is 1. The van der Waals surface area contributed by atoms with Crippen LogP contribution in [0.15, 0.2) is 53.4 Å². The number of thiocarbonyl (C=S) groups is 1. The highest BCUT2D eigenvalue weighted by atomic mass is 32.2. The minimum Gasteiger partial charge on any atom is -0.488 e. The Morgan fingerprint density at radius 1 is 1.20 bits per heavy atom. The summed E-state index contributed by atoms with van der Waals surface area (Å²) in [6.45, 7) is 0.260. The molecule has 1 aliphatic rings. The first-order valence-corrected chi connectivity index (χ1v) is 8.45. The number of ether oxygens (including phenoxy) is 1. The Balaban J connectivity index is 1.75. The molecule has 0 bridgehead atoms. The first-order valence-electron chi connectivity index (χ1n) is 7.23. The fourth-order valence-electron chi connectivity index (χ4n) is 2.17. The third-order valence-corrected chi connectivity index (χ3v) is 4.55. The van der Waals surface area contributed by atoms with Gasteiger partial charge in [0.2, 0.25) is 0 Å².